The molecule has 0 aliphatic heterocycles. The van der Waals surface area contributed by atoms with Crippen LogP contribution in [0.5, 0.6) is 0 Å². The zero-order valence-corrected chi connectivity index (χ0v) is 17.9. The average Bonchev–Trinajstić information content (AvgIpc) is 2.67. The van der Waals surface area contributed by atoms with Crippen molar-refractivity contribution < 1.29 is 4.79 Å². The summed E-state index contributed by atoms with van der Waals surface area (Å²) in [6.07, 6.45) is 2.60. The van der Waals surface area contributed by atoms with Gasteiger partial charge in [-0.15, -0.1) is 0 Å². The Kier molecular flexibility index (Phi) is 6.67. The summed E-state index contributed by atoms with van der Waals surface area (Å²) >= 11 is 12.3. The summed E-state index contributed by atoms with van der Waals surface area (Å²) in [5, 5.41) is 3.89. The first-order chi connectivity index (χ1) is 13.9. The number of anilines is 3. The molecule has 0 fully saturated rings. The van der Waals surface area contributed by atoms with Gasteiger partial charge in [-0.05, 0) is 36.2 Å². The minimum absolute atomic E-state index is 0.150. The van der Waals surface area contributed by atoms with Crippen molar-refractivity contribution in [2.24, 2.45) is 0 Å². The van der Waals surface area contributed by atoms with Gasteiger partial charge in [-0.25, -0.2) is 9.97 Å². The summed E-state index contributed by atoms with van der Waals surface area (Å²) in [4.78, 5) is 27.9. The molecule has 1 aromatic carbocycles. The number of rotatable bonds is 7. The fraction of sp³-hybridized carbons (Fsp3) is 0.238. The number of aryl methyl sites for hydroxylation is 1. The molecule has 0 spiro atoms. The highest BCUT2D eigenvalue weighted by molar-refractivity contribution is 6.39. The highest BCUT2D eigenvalue weighted by Gasteiger charge is 2.15. The molecule has 0 bridgehead atoms. The van der Waals surface area contributed by atoms with E-state index in [1.165, 1.54) is 0 Å². The Balaban J connectivity index is 1.82. The molecule has 3 aromatic rings. The normalized spacial score (nSPS) is 10.7. The summed E-state index contributed by atoms with van der Waals surface area (Å²) in [6.45, 7) is 2.04. The summed E-state index contributed by atoms with van der Waals surface area (Å²) in [7, 11) is 3.78. The zero-order chi connectivity index (χ0) is 21.0. The first-order valence-corrected chi connectivity index (χ1v) is 9.87. The van der Waals surface area contributed by atoms with Gasteiger partial charge in [0.25, 0.3) is 0 Å². The third-order valence-corrected chi connectivity index (χ3v) is 4.85. The van der Waals surface area contributed by atoms with Crippen LogP contribution in [0.1, 0.15) is 28.5 Å². The molecule has 0 atom stereocenters. The molecule has 0 saturated heterocycles. The predicted molar refractivity (Wildman–Crippen MR) is 118 cm³/mol. The van der Waals surface area contributed by atoms with Crippen LogP contribution in [0.2, 0.25) is 10.0 Å². The number of benzene rings is 1. The van der Waals surface area contributed by atoms with Crippen LogP contribution >= 0.6 is 23.2 Å². The molecule has 2 heterocycles. The highest BCUT2D eigenvalue weighted by Crippen LogP contribution is 2.26. The van der Waals surface area contributed by atoms with Gasteiger partial charge in [0.15, 0.2) is 5.78 Å². The number of aromatic nitrogens is 3. The number of nitrogens with one attached hydrogen (secondary N) is 1. The van der Waals surface area contributed by atoms with E-state index in [0.717, 1.165) is 17.7 Å². The molecule has 0 amide bonds. The maximum absolute atomic E-state index is 12.7. The van der Waals surface area contributed by atoms with E-state index < -0.39 is 0 Å². The molecule has 0 unspecified atom stereocenters. The maximum Gasteiger partial charge on any atom is 0.227 e. The number of hydrogen-bond donors (Lipinski definition) is 1. The van der Waals surface area contributed by atoms with Gasteiger partial charge >= 0.3 is 0 Å². The quantitative estimate of drug-likeness (QED) is 0.534. The van der Waals surface area contributed by atoms with Crippen LogP contribution in [0.15, 0.2) is 42.6 Å². The van der Waals surface area contributed by atoms with Crippen LogP contribution in [0, 0.1) is 0 Å². The van der Waals surface area contributed by atoms with Crippen molar-refractivity contribution in [2.45, 2.75) is 19.8 Å². The number of carbonyl (C=O) groups is 1. The fourth-order valence-electron chi connectivity index (χ4n) is 2.75. The molecule has 150 valence electrons. The fourth-order valence-corrected chi connectivity index (χ4v) is 3.36. The second kappa shape index (κ2) is 9.20. The number of hydrogen-bond acceptors (Lipinski definition) is 6. The minimum atomic E-state index is -0.150. The van der Waals surface area contributed by atoms with Gasteiger partial charge in [-0.3, -0.25) is 4.79 Å². The molecule has 0 saturated carbocycles. The van der Waals surface area contributed by atoms with Crippen molar-refractivity contribution in [3.8, 4) is 0 Å². The number of carbonyl (C=O) groups excluding carboxylic acids is 1. The molecule has 0 aliphatic rings. The van der Waals surface area contributed by atoms with Crippen LogP contribution in [0.3, 0.4) is 0 Å². The lowest BCUT2D eigenvalue weighted by Crippen LogP contribution is -2.14. The standard InChI is InChI=1S/C21H21Cl2N5O/c1-4-14-12-19(27-21(25-14)28(2)3)26-18-11-13(8-9-24-18)10-17(29)20-15(22)6-5-7-16(20)23/h5-9,11-12H,4,10H2,1-3H3,(H,24,25,26,27). The van der Waals surface area contributed by atoms with E-state index in [1.54, 1.807) is 30.5 Å². The number of ketones is 1. The van der Waals surface area contributed by atoms with E-state index >= 15 is 0 Å². The highest BCUT2D eigenvalue weighted by atomic mass is 35.5. The molecular formula is C21H21Cl2N5O. The van der Waals surface area contributed by atoms with Crippen LogP contribution < -0.4 is 10.2 Å². The number of nitrogens with zero attached hydrogens (tertiary/aromatic N) is 4. The Hall–Kier alpha value is -2.70. The Bertz CT molecular complexity index is 1020. The molecule has 29 heavy (non-hydrogen) atoms. The van der Waals surface area contributed by atoms with Crippen LogP contribution in [-0.2, 0) is 12.8 Å². The van der Waals surface area contributed by atoms with Crippen molar-refractivity contribution in [1.82, 2.24) is 15.0 Å². The maximum atomic E-state index is 12.7. The minimum Gasteiger partial charge on any atom is -0.347 e. The lowest BCUT2D eigenvalue weighted by atomic mass is 10.0. The lowest BCUT2D eigenvalue weighted by molar-refractivity contribution is 0.0993. The smallest absolute Gasteiger partial charge is 0.227 e. The van der Waals surface area contributed by atoms with Crippen molar-refractivity contribution in [3.63, 3.8) is 0 Å². The summed E-state index contributed by atoms with van der Waals surface area (Å²) in [5.74, 6) is 1.70. The van der Waals surface area contributed by atoms with E-state index in [1.807, 2.05) is 38.1 Å². The van der Waals surface area contributed by atoms with Gasteiger partial charge in [0.05, 0.1) is 15.6 Å². The van der Waals surface area contributed by atoms with Crippen LogP contribution in [0.4, 0.5) is 17.6 Å². The largest absolute Gasteiger partial charge is 0.347 e. The van der Waals surface area contributed by atoms with Gasteiger partial charge in [-0.1, -0.05) is 36.2 Å². The van der Waals surface area contributed by atoms with Gasteiger partial charge in [0.2, 0.25) is 5.95 Å². The van der Waals surface area contributed by atoms with Crippen molar-refractivity contribution in [1.29, 1.82) is 0 Å². The molecule has 1 N–H and O–H groups in total. The summed E-state index contributed by atoms with van der Waals surface area (Å²) < 4.78 is 0. The molecular weight excluding hydrogens is 409 g/mol. The van der Waals surface area contributed by atoms with E-state index in [-0.39, 0.29) is 12.2 Å². The third kappa shape index (κ3) is 5.22. The Morgan fingerprint density at radius 2 is 1.79 bits per heavy atom. The van der Waals surface area contributed by atoms with Crippen LogP contribution in [0.25, 0.3) is 0 Å². The van der Waals surface area contributed by atoms with Gasteiger partial charge in [-0.2, -0.15) is 4.98 Å². The Labute approximate surface area is 179 Å². The number of pyridine rings is 1. The second-order valence-electron chi connectivity index (χ2n) is 6.66. The molecule has 0 aliphatic carbocycles. The summed E-state index contributed by atoms with van der Waals surface area (Å²) in [5.41, 5.74) is 2.05. The van der Waals surface area contributed by atoms with Crippen molar-refractivity contribution in [3.05, 3.63) is 69.5 Å². The lowest BCUT2D eigenvalue weighted by Gasteiger charge is -2.14. The zero-order valence-electron chi connectivity index (χ0n) is 16.4. The first-order valence-electron chi connectivity index (χ1n) is 9.11. The monoisotopic (exact) mass is 429 g/mol. The first kappa shape index (κ1) is 21.0. The molecule has 0 radical (unpaired) electrons. The van der Waals surface area contributed by atoms with E-state index in [9.17, 15) is 4.79 Å². The topological polar surface area (TPSA) is 71.0 Å². The number of Topliss-reactive ketones (excluding diaryl/α,β-unsaturated/α-hetero) is 1. The molecule has 8 heteroatoms. The average molecular weight is 430 g/mol. The van der Waals surface area contributed by atoms with E-state index in [4.69, 9.17) is 23.2 Å². The number of halogens is 2. The molecule has 2 aromatic heterocycles. The van der Waals surface area contributed by atoms with Gasteiger partial charge in [0.1, 0.15) is 11.6 Å². The van der Waals surface area contributed by atoms with Gasteiger partial charge < -0.3 is 10.2 Å². The Morgan fingerprint density at radius 1 is 1.07 bits per heavy atom. The van der Waals surface area contributed by atoms with Gasteiger partial charge in [0, 0.05) is 38.5 Å². The third-order valence-electron chi connectivity index (χ3n) is 4.22. The van der Waals surface area contributed by atoms with Crippen molar-refractivity contribution >= 4 is 46.6 Å². The van der Waals surface area contributed by atoms with E-state index in [0.29, 0.717) is 33.2 Å². The molecule has 6 nitrogen and oxygen atoms in total. The summed E-state index contributed by atoms with van der Waals surface area (Å²) in [6, 6.07) is 10.5. The predicted octanol–water partition coefficient (Wildman–Crippen LogP) is 4.98. The van der Waals surface area contributed by atoms with Crippen molar-refractivity contribution in [2.75, 3.05) is 24.3 Å². The van der Waals surface area contributed by atoms with E-state index in [2.05, 4.69) is 20.3 Å². The Morgan fingerprint density at radius 3 is 2.45 bits per heavy atom. The second-order valence-corrected chi connectivity index (χ2v) is 7.48. The SMILES string of the molecule is CCc1cc(Nc2cc(CC(=O)c3c(Cl)cccc3Cl)ccn2)nc(N(C)C)n1. The van der Waals surface area contributed by atoms with Crippen LogP contribution in [-0.4, -0.2) is 34.8 Å². The molecule has 3 rings (SSSR count).